The van der Waals surface area contributed by atoms with Crippen LogP contribution in [0.2, 0.25) is 5.02 Å². The molecule has 1 aromatic rings. The highest BCUT2D eigenvalue weighted by atomic mass is 35.5. The summed E-state index contributed by atoms with van der Waals surface area (Å²) in [5.41, 5.74) is 0.564. The average Bonchev–Trinajstić information content (AvgIpc) is 2.98. The summed E-state index contributed by atoms with van der Waals surface area (Å²) in [6.07, 6.45) is 0.817. The molecule has 1 amide bonds. The quantitative estimate of drug-likeness (QED) is 0.896. The van der Waals surface area contributed by atoms with E-state index in [1.54, 1.807) is 24.3 Å². The van der Waals surface area contributed by atoms with Crippen LogP contribution in [0.4, 0.5) is 5.69 Å². The number of amides is 1. The number of carbonyl (C=O) groups is 2. The fourth-order valence-corrected chi connectivity index (χ4v) is 3.31. The fraction of sp³-hybridized carbons (Fsp3) is 0.429. The van der Waals surface area contributed by atoms with Gasteiger partial charge in [0, 0.05) is 10.7 Å². The third kappa shape index (κ3) is 2.27. The highest BCUT2D eigenvalue weighted by Gasteiger charge is 2.55. The van der Waals surface area contributed by atoms with Crippen LogP contribution < -0.4 is 5.32 Å². The first kappa shape index (κ1) is 13.4. The molecule has 2 aliphatic heterocycles. The molecule has 0 spiro atoms. The SMILES string of the molecule is O=C(O)[C@@H]1[C@H](C(=O)Nc2cccc(Cl)c2)[C@@H]2CC[C@H]1O2. The van der Waals surface area contributed by atoms with Gasteiger partial charge in [0.25, 0.3) is 0 Å². The molecule has 0 aliphatic carbocycles. The fourth-order valence-electron chi connectivity index (χ4n) is 3.12. The van der Waals surface area contributed by atoms with Gasteiger partial charge in [0.1, 0.15) is 0 Å². The van der Waals surface area contributed by atoms with Crippen LogP contribution in [0.5, 0.6) is 0 Å². The molecular formula is C14H14ClNO4. The molecule has 20 heavy (non-hydrogen) atoms. The Labute approximate surface area is 120 Å². The van der Waals surface area contributed by atoms with Crippen LogP contribution in [0.15, 0.2) is 24.3 Å². The van der Waals surface area contributed by atoms with Gasteiger partial charge in [-0.1, -0.05) is 17.7 Å². The molecule has 5 nitrogen and oxygen atoms in total. The van der Waals surface area contributed by atoms with Crippen LogP contribution in [0.1, 0.15) is 12.8 Å². The third-order valence-electron chi connectivity index (χ3n) is 3.95. The molecule has 106 valence electrons. The molecule has 2 bridgehead atoms. The Morgan fingerprint density at radius 3 is 2.60 bits per heavy atom. The van der Waals surface area contributed by atoms with E-state index in [2.05, 4.69) is 5.32 Å². The normalized spacial score (nSPS) is 31.2. The molecule has 2 fully saturated rings. The lowest BCUT2D eigenvalue weighted by atomic mass is 9.78. The molecule has 6 heteroatoms. The minimum absolute atomic E-state index is 0.291. The van der Waals surface area contributed by atoms with E-state index in [1.165, 1.54) is 0 Å². The maximum absolute atomic E-state index is 12.3. The molecule has 2 saturated heterocycles. The van der Waals surface area contributed by atoms with E-state index in [1.807, 2.05) is 0 Å². The first-order valence-electron chi connectivity index (χ1n) is 6.51. The van der Waals surface area contributed by atoms with Crippen LogP contribution in [0.25, 0.3) is 0 Å². The van der Waals surface area contributed by atoms with Crippen LogP contribution in [-0.4, -0.2) is 29.2 Å². The third-order valence-corrected chi connectivity index (χ3v) is 4.19. The molecule has 3 rings (SSSR count). The van der Waals surface area contributed by atoms with E-state index in [9.17, 15) is 14.7 Å². The number of hydrogen-bond acceptors (Lipinski definition) is 3. The van der Waals surface area contributed by atoms with Gasteiger partial charge in [0.2, 0.25) is 5.91 Å². The van der Waals surface area contributed by atoms with Gasteiger partial charge >= 0.3 is 5.97 Å². The van der Waals surface area contributed by atoms with E-state index >= 15 is 0 Å². The van der Waals surface area contributed by atoms with Gasteiger partial charge in [-0.05, 0) is 31.0 Å². The second-order valence-corrected chi connectivity index (χ2v) is 5.62. The molecule has 4 atom stereocenters. The maximum atomic E-state index is 12.3. The lowest BCUT2D eigenvalue weighted by molar-refractivity contribution is -0.147. The van der Waals surface area contributed by atoms with Crippen LogP contribution in [0.3, 0.4) is 0 Å². The summed E-state index contributed by atoms with van der Waals surface area (Å²) < 4.78 is 5.57. The second-order valence-electron chi connectivity index (χ2n) is 5.18. The van der Waals surface area contributed by atoms with Crippen LogP contribution in [-0.2, 0) is 14.3 Å². The van der Waals surface area contributed by atoms with E-state index < -0.39 is 17.8 Å². The molecule has 0 saturated carbocycles. The summed E-state index contributed by atoms with van der Waals surface area (Å²) in [6.45, 7) is 0. The lowest BCUT2D eigenvalue weighted by Crippen LogP contribution is -2.40. The van der Waals surface area contributed by atoms with Crippen molar-refractivity contribution in [2.24, 2.45) is 11.8 Å². The minimum Gasteiger partial charge on any atom is -0.481 e. The Bertz CT molecular complexity index is 562. The van der Waals surface area contributed by atoms with E-state index in [0.717, 1.165) is 6.42 Å². The van der Waals surface area contributed by atoms with Gasteiger partial charge in [0.15, 0.2) is 0 Å². The largest absolute Gasteiger partial charge is 0.481 e. The number of rotatable bonds is 3. The molecule has 2 N–H and O–H groups in total. The molecule has 2 aliphatic rings. The summed E-state index contributed by atoms with van der Waals surface area (Å²) in [6, 6.07) is 6.78. The van der Waals surface area contributed by atoms with Crippen molar-refractivity contribution in [3.63, 3.8) is 0 Å². The Morgan fingerprint density at radius 2 is 1.95 bits per heavy atom. The number of nitrogens with one attached hydrogen (secondary N) is 1. The number of anilines is 1. The molecule has 1 aromatic carbocycles. The number of carboxylic acid groups (broad SMARTS) is 1. The highest BCUT2D eigenvalue weighted by Crippen LogP contribution is 2.44. The summed E-state index contributed by atoms with van der Waals surface area (Å²) >= 11 is 5.86. The molecule has 2 heterocycles. The van der Waals surface area contributed by atoms with Gasteiger partial charge in [-0.15, -0.1) is 0 Å². The predicted molar refractivity (Wildman–Crippen MR) is 72.6 cm³/mol. The second kappa shape index (κ2) is 5.07. The standard InChI is InChI=1S/C14H14ClNO4/c15-7-2-1-3-8(6-7)16-13(17)11-9-4-5-10(20-9)12(11)14(18)19/h1-3,6,9-12H,4-5H2,(H,16,17)(H,18,19)/t9-,10+,11+,12-/m0/s1. The van der Waals surface area contributed by atoms with Crippen molar-refractivity contribution in [2.45, 2.75) is 25.0 Å². The molecule has 0 unspecified atom stereocenters. The maximum Gasteiger partial charge on any atom is 0.310 e. The Hall–Kier alpha value is -1.59. The summed E-state index contributed by atoms with van der Waals surface area (Å²) in [4.78, 5) is 23.7. The zero-order chi connectivity index (χ0) is 14.3. The van der Waals surface area contributed by atoms with Crippen LogP contribution in [0, 0.1) is 11.8 Å². The van der Waals surface area contributed by atoms with E-state index in [0.29, 0.717) is 17.1 Å². The number of halogens is 1. The number of carboxylic acids is 1. The summed E-state index contributed by atoms with van der Waals surface area (Å²) in [7, 11) is 0. The van der Waals surface area contributed by atoms with E-state index in [-0.39, 0.29) is 18.1 Å². The lowest BCUT2D eigenvalue weighted by Gasteiger charge is -2.23. The average molecular weight is 296 g/mol. The van der Waals surface area contributed by atoms with Gasteiger partial charge in [0.05, 0.1) is 24.0 Å². The van der Waals surface area contributed by atoms with Gasteiger partial charge in [-0.3, -0.25) is 9.59 Å². The van der Waals surface area contributed by atoms with Crippen molar-refractivity contribution in [1.82, 2.24) is 0 Å². The Kier molecular flexibility index (Phi) is 3.40. The zero-order valence-electron chi connectivity index (χ0n) is 10.6. The number of fused-ring (bicyclic) bond motifs is 2. The zero-order valence-corrected chi connectivity index (χ0v) is 11.3. The van der Waals surface area contributed by atoms with Crippen molar-refractivity contribution >= 4 is 29.2 Å². The Morgan fingerprint density at radius 1 is 1.25 bits per heavy atom. The summed E-state index contributed by atoms with van der Waals surface area (Å²) in [5.74, 6) is -2.67. The first-order chi connectivity index (χ1) is 9.56. The first-order valence-corrected chi connectivity index (χ1v) is 6.89. The van der Waals surface area contributed by atoms with Crippen molar-refractivity contribution < 1.29 is 19.4 Å². The predicted octanol–water partition coefficient (Wildman–Crippen LogP) is 2.16. The van der Waals surface area contributed by atoms with Crippen molar-refractivity contribution in [3.8, 4) is 0 Å². The highest BCUT2D eigenvalue weighted by molar-refractivity contribution is 6.30. The molecular weight excluding hydrogens is 282 g/mol. The number of carbonyl (C=O) groups excluding carboxylic acids is 1. The van der Waals surface area contributed by atoms with Gasteiger partial charge < -0.3 is 15.2 Å². The van der Waals surface area contributed by atoms with Crippen molar-refractivity contribution in [1.29, 1.82) is 0 Å². The summed E-state index contributed by atoms with van der Waals surface area (Å²) in [5, 5.41) is 12.5. The molecule has 0 radical (unpaired) electrons. The minimum atomic E-state index is -0.969. The van der Waals surface area contributed by atoms with Gasteiger partial charge in [-0.25, -0.2) is 0 Å². The molecule has 0 aromatic heterocycles. The number of benzene rings is 1. The van der Waals surface area contributed by atoms with E-state index in [4.69, 9.17) is 16.3 Å². The van der Waals surface area contributed by atoms with Gasteiger partial charge in [-0.2, -0.15) is 0 Å². The van der Waals surface area contributed by atoms with Crippen molar-refractivity contribution in [3.05, 3.63) is 29.3 Å². The monoisotopic (exact) mass is 295 g/mol. The Balaban J connectivity index is 1.78. The number of ether oxygens (including phenoxy) is 1. The smallest absolute Gasteiger partial charge is 0.310 e. The topological polar surface area (TPSA) is 75.6 Å². The number of hydrogen-bond donors (Lipinski definition) is 2. The number of aliphatic carboxylic acids is 1. The van der Waals surface area contributed by atoms with Crippen molar-refractivity contribution in [2.75, 3.05) is 5.32 Å². The van der Waals surface area contributed by atoms with Crippen LogP contribution >= 0.6 is 11.6 Å².